The van der Waals surface area contributed by atoms with E-state index in [2.05, 4.69) is 10.5 Å². The zero-order valence-corrected chi connectivity index (χ0v) is 10.3. The van der Waals surface area contributed by atoms with Crippen LogP contribution in [0.15, 0.2) is 34.9 Å². The van der Waals surface area contributed by atoms with Crippen molar-refractivity contribution in [3.05, 3.63) is 41.7 Å². The summed E-state index contributed by atoms with van der Waals surface area (Å²) in [7, 11) is 1.58. The van der Waals surface area contributed by atoms with Crippen molar-refractivity contribution in [3.8, 4) is 5.75 Å². The SMILES string of the molecule is COc1ccccc1CC(=O)Nc1cc(C)on1. The van der Waals surface area contributed by atoms with Crippen molar-refractivity contribution in [2.24, 2.45) is 0 Å². The van der Waals surface area contributed by atoms with E-state index in [1.807, 2.05) is 24.3 Å². The fourth-order valence-electron chi connectivity index (χ4n) is 1.63. The van der Waals surface area contributed by atoms with Crippen LogP contribution in [-0.2, 0) is 11.2 Å². The predicted octanol–water partition coefficient (Wildman–Crippen LogP) is 2.17. The monoisotopic (exact) mass is 246 g/mol. The molecular formula is C13H14N2O3. The molecule has 1 heterocycles. The van der Waals surface area contributed by atoms with Crippen molar-refractivity contribution >= 4 is 11.7 Å². The Hall–Kier alpha value is -2.30. The van der Waals surface area contributed by atoms with Gasteiger partial charge in [-0.3, -0.25) is 4.79 Å². The summed E-state index contributed by atoms with van der Waals surface area (Å²) >= 11 is 0. The highest BCUT2D eigenvalue weighted by Crippen LogP contribution is 2.18. The maximum atomic E-state index is 11.8. The number of nitrogens with zero attached hydrogens (tertiary/aromatic N) is 1. The van der Waals surface area contributed by atoms with Crippen LogP contribution in [0, 0.1) is 6.92 Å². The van der Waals surface area contributed by atoms with Crippen LogP contribution < -0.4 is 10.1 Å². The summed E-state index contributed by atoms with van der Waals surface area (Å²) in [5.41, 5.74) is 0.831. The van der Waals surface area contributed by atoms with Gasteiger partial charge in [0.1, 0.15) is 11.5 Å². The van der Waals surface area contributed by atoms with Crippen molar-refractivity contribution in [1.82, 2.24) is 5.16 Å². The van der Waals surface area contributed by atoms with Crippen molar-refractivity contribution < 1.29 is 14.1 Å². The standard InChI is InChI=1S/C13H14N2O3/c1-9-7-12(15-18-9)14-13(16)8-10-5-3-4-6-11(10)17-2/h3-7H,8H2,1-2H3,(H,14,15,16). The minimum absolute atomic E-state index is 0.159. The Morgan fingerprint density at radius 1 is 1.44 bits per heavy atom. The molecule has 2 rings (SSSR count). The van der Waals surface area contributed by atoms with Crippen LogP contribution in [-0.4, -0.2) is 18.2 Å². The molecule has 0 aliphatic carbocycles. The lowest BCUT2D eigenvalue weighted by Gasteiger charge is -2.07. The molecule has 94 valence electrons. The van der Waals surface area contributed by atoms with Gasteiger partial charge in [0, 0.05) is 11.6 Å². The van der Waals surface area contributed by atoms with E-state index in [0.29, 0.717) is 17.3 Å². The third-order valence-electron chi connectivity index (χ3n) is 2.44. The summed E-state index contributed by atoms with van der Waals surface area (Å²) < 4.78 is 10.1. The Labute approximate surface area is 105 Å². The lowest BCUT2D eigenvalue weighted by molar-refractivity contribution is -0.115. The second-order valence-electron chi connectivity index (χ2n) is 3.86. The molecule has 0 bridgehead atoms. The molecule has 1 amide bonds. The number of ether oxygens (including phenoxy) is 1. The smallest absolute Gasteiger partial charge is 0.230 e. The molecule has 0 aliphatic heterocycles. The number of nitrogens with one attached hydrogen (secondary N) is 1. The number of hydrogen-bond acceptors (Lipinski definition) is 4. The van der Waals surface area contributed by atoms with Gasteiger partial charge in [-0.15, -0.1) is 0 Å². The second kappa shape index (κ2) is 5.35. The van der Waals surface area contributed by atoms with Crippen LogP contribution in [0.1, 0.15) is 11.3 Å². The van der Waals surface area contributed by atoms with Crippen molar-refractivity contribution in [1.29, 1.82) is 0 Å². The average molecular weight is 246 g/mol. The summed E-state index contributed by atoms with van der Waals surface area (Å²) in [6.45, 7) is 1.77. The molecule has 18 heavy (non-hydrogen) atoms. The molecule has 0 saturated carbocycles. The highest BCUT2D eigenvalue weighted by molar-refractivity contribution is 5.91. The number of carbonyl (C=O) groups is 1. The molecule has 1 aromatic carbocycles. The summed E-state index contributed by atoms with van der Waals surface area (Å²) in [6.07, 6.45) is 0.232. The van der Waals surface area contributed by atoms with Gasteiger partial charge in [0.25, 0.3) is 0 Å². The van der Waals surface area contributed by atoms with Crippen LogP contribution in [0.25, 0.3) is 0 Å². The molecule has 0 unspecified atom stereocenters. The molecule has 5 nitrogen and oxygen atoms in total. The van der Waals surface area contributed by atoms with Crippen LogP contribution in [0.3, 0.4) is 0 Å². The Morgan fingerprint density at radius 2 is 2.22 bits per heavy atom. The molecule has 5 heteroatoms. The number of anilines is 1. The number of benzene rings is 1. The average Bonchev–Trinajstić information content (AvgIpc) is 2.75. The topological polar surface area (TPSA) is 64.4 Å². The van der Waals surface area contributed by atoms with Crippen molar-refractivity contribution in [2.75, 3.05) is 12.4 Å². The van der Waals surface area contributed by atoms with Gasteiger partial charge in [-0.05, 0) is 13.0 Å². The zero-order chi connectivity index (χ0) is 13.0. The van der Waals surface area contributed by atoms with Gasteiger partial charge in [0.15, 0.2) is 5.82 Å². The summed E-state index contributed by atoms with van der Waals surface area (Å²) in [5, 5.41) is 6.36. The van der Waals surface area contributed by atoms with E-state index >= 15 is 0 Å². The van der Waals surface area contributed by atoms with E-state index in [-0.39, 0.29) is 12.3 Å². The maximum Gasteiger partial charge on any atom is 0.230 e. The van der Waals surface area contributed by atoms with Gasteiger partial charge in [-0.1, -0.05) is 23.4 Å². The van der Waals surface area contributed by atoms with E-state index in [4.69, 9.17) is 9.26 Å². The fraction of sp³-hybridized carbons (Fsp3) is 0.231. The largest absolute Gasteiger partial charge is 0.496 e. The second-order valence-corrected chi connectivity index (χ2v) is 3.86. The molecule has 0 saturated heterocycles. The summed E-state index contributed by atoms with van der Waals surface area (Å²) in [4.78, 5) is 11.8. The first-order chi connectivity index (χ1) is 8.69. The number of aromatic nitrogens is 1. The number of rotatable bonds is 4. The third kappa shape index (κ3) is 2.88. The third-order valence-corrected chi connectivity index (χ3v) is 2.44. The number of amides is 1. The van der Waals surface area contributed by atoms with E-state index in [1.54, 1.807) is 20.1 Å². The minimum atomic E-state index is -0.159. The Kier molecular flexibility index (Phi) is 3.62. The molecule has 0 aliphatic rings. The lowest BCUT2D eigenvalue weighted by atomic mass is 10.1. The fourth-order valence-corrected chi connectivity index (χ4v) is 1.63. The lowest BCUT2D eigenvalue weighted by Crippen LogP contribution is -2.15. The molecular weight excluding hydrogens is 232 g/mol. The molecule has 0 fully saturated rings. The highest BCUT2D eigenvalue weighted by atomic mass is 16.5. The normalized spacial score (nSPS) is 10.1. The van der Waals surface area contributed by atoms with Gasteiger partial charge in [0.05, 0.1) is 13.5 Å². The van der Waals surface area contributed by atoms with Gasteiger partial charge in [-0.2, -0.15) is 0 Å². The molecule has 0 spiro atoms. The Balaban J connectivity index is 2.03. The van der Waals surface area contributed by atoms with E-state index < -0.39 is 0 Å². The number of methoxy groups -OCH3 is 1. The van der Waals surface area contributed by atoms with Gasteiger partial charge >= 0.3 is 0 Å². The van der Waals surface area contributed by atoms with Crippen LogP contribution in [0.4, 0.5) is 5.82 Å². The quantitative estimate of drug-likeness (QED) is 0.898. The molecule has 1 aromatic heterocycles. The number of hydrogen-bond donors (Lipinski definition) is 1. The van der Waals surface area contributed by atoms with Crippen LogP contribution >= 0.6 is 0 Å². The van der Waals surface area contributed by atoms with Crippen molar-refractivity contribution in [3.63, 3.8) is 0 Å². The Bertz CT molecular complexity index is 549. The van der Waals surface area contributed by atoms with Crippen LogP contribution in [0.2, 0.25) is 0 Å². The van der Waals surface area contributed by atoms with Crippen molar-refractivity contribution in [2.45, 2.75) is 13.3 Å². The van der Waals surface area contributed by atoms with E-state index in [9.17, 15) is 4.79 Å². The Morgan fingerprint density at radius 3 is 2.89 bits per heavy atom. The maximum absolute atomic E-state index is 11.8. The first-order valence-electron chi connectivity index (χ1n) is 5.54. The first-order valence-corrected chi connectivity index (χ1v) is 5.54. The highest BCUT2D eigenvalue weighted by Gasteiger charge is 2.10. The predicted molar refractivity (Wildman–Crippen MR) is 66.6 cm³/mol. The summed E-state index contributed by atoms with van der Waals surface area (Å²) in [6, 6.07) is 9.07. The van der Waals surface area contributed by atoms with Crippen LogP contribution in [0.5, 0.6) is 5.75 Å². The van der Waals surface area contributed by atoms with E-state index in [0.717, 1.165) is 5.56 Å². The van der Waals surface area contributed by atoms with Gasteiger partial charge in [0.2, 0.25) is 5.91 Å². The molecule has 2 aromatic rings. The van der Waals surface area contributed by atoms with Gasteiger partial charge < -0.3 is 14.6 Å². The zero-order valence-electron chi connectivity index (χ0n) is 10.3. The number of carbonyl (C=O) groups excluding carboxylic acids is 1. The number of aryl methyl sites for hydroxylation is 1. The summed E-state index contributed by atoms with van der Waals surface area (Å²) in [5.74, 6) is 1.62. The molecule has 1 N–H and O–H groups in total. The molecule has 0 radical (unpaired) electrons. The first kappa shape index (κ1) is 12.2. The number of para-hydroxylation sites is 1. The molecule has 0 atom stereocenters. The minimum Gasteiger partial charge on any atom is -0.496 e. The van der Waals surface area contributed by atoms with Gasteiger partial charge in [-0.25, -0.2) is 0 Å². The van der Waals surface area contributed by atoms with E-state index in [1.165, 1.54) is 0 Å².